The first-order valence-electron chi connectivity index (χ1n) is 8.14. The van der Waals surface area contributed by atoms with Gasteiger partial charge in [0.25, 0.3) is 5.91 Å². The number of rotatable bonds is 5. The van der Waals surface area contributed by atoms with Gasteiger partial charge in [-0.2, -0.15) is 5.26 Å². The van der Waals surface area contributed by atoms with Crippen LogP contribution >= 0.6 is 23.2 Å². The summed E-state index contributed by atoms with van der Waals surface area (Å²) in [5.41, 5.74) is 0.955. The van der Waals surface area contributed by atoms with Crippen molar-refractivity contribution in [2.24, 2.45) is 0 Å². The predicted molar refractivity (Wildman–Crippen MR) is 109 cm³/mol. The number of anilines is 1. The van der Waals surface area contributed by atoms with Crippen molar-refractivity contribution in [2.75, 3.05) is 12.4 Å². The number of halogens is 2. The molecule has 0 aliphatic heterocycles. The molecular formula is C21H14Cl2N2O3. The number of nitrogens with zero attached hydrogens (tertiary/aromatic N) is 1. The molecule has 0 aliphatic carbocycles. The van der Waals surface area contributed by atoms with E-state index < -0.39 is 5.91 Å². The first-order chi connectivity index (χ1) is 13.5. The number of nitriles is 1. The summed E-state index contributed by atoms with van der Waals surface area (Å²) in [4.78, 5) is 12.5. The van der Waals surface area contributed by atoms with Crippen LogP contribution in [-0.4, -0.2) is 13.0 Å². The number of carbonyl (C=O) groups is 1. The number of carbonyl (C=O) groups excluding carboxylic acids is 1. The SMILES string of the molecule is COc1ccccc1NC(=O)/C(C#N)=C/c1ccc(-c2cccc(Cl)c2Cl)o1. The maximum Gasteiger partial charge on any atom is 0.266 e. The highest BCUT2D eigenvalue weighted by Crippen LogP contribution is 2.34. The van der Waals surface area contributed by atoms with Crippen LogP contribution in [-0.2, 0) is 4.79 Å². The van der Waals surface area contributed by atoms with Gasteiger partial charge in [0.05, 0.1) is 22.8 Å². The second kappa shape index (κ2) is 8.66. The highest BCUT2D eigenvalue weighted by atomic mass is 35.5. The van der Waals surface area contributed by atoms with Gasteiger partial charge in [0, 0.05) is 11.6 Å². The van der Waals surface area contributed by atoms with Gasteiger partial charge >= 0.3 is 0 Å². The van der Waals surface area contributed by atoms with Crippen molar-refractivity contribution in [3.05, 3.63) is 76.0 Å². The molecule has 7 heteroatoms. The molecule has 0 unspecified atom stereocenters. The fourth-order valence-corrected chi connectivity index (χ4v) is 2.89. The Hall–Kier alpha value is -3.20. The van der Waals surface area contributed by atoms with Crippen LogP contribution in [0, 0.1) is 11.3 Å². The van der Waals surface area contributed by atoms with Gasteiger partial charge in [-0.15, -0.1) is 0 Å². The van der Waals surface area contributed by atoms with Gasteiger partial charge in [0.2, 0.25) is 0 Å². The number of furan rings is 1. The zero-order chi connectivity index (χ0) is 20.1. The molecule has 0 saturated carbocycles. The lowest BCUT2D eigenvalue weighted by Crippen LogP contribution is -2.14. The fraction of sp³-hybridized carbons (Fsp3) is 0.0476. The number of hydrogen-bond donors (Lipinski definition) is 1. The first-order valence-corrected chi connectivity index (χ1v) is 8.89. The Kier molecular flexibility index (Phi) is 6.05. The molecule has 0 atom stereocenters. The lowest BCUT2D eigenvalue weighted by molar-refractivity contribution is -0.112. The average Bonchev–Trinajstić information content (AvgIpc) is 3.17. The Balaban J connectivity index is 1.85. The summed E-state index contributed by atoms with van der Waals surface area (Å²) in [6.45, 7) is 0. The molecule has 0 radical (unpaired) electrons. The first kappa shape index (κ1) is 19.6. The quantitative estimate of drug-likeness (QED) is 0.423. The van der Waals surface area contributed by atoms with E-state index in [4.69, 9.17) is 32.4 Å². The molecule has 0 fully saturated rings. The van der Waals surface area contributed by atoms with Crippen LogP contribution < -0.4 is 10.1 Å². The van der Waals surface area contributed by atoms with E-state index in [-0.39, 0.29) is 5.57 Å². The Morgan fingerprint density at radius 3 is 2.68 bits per heavy atom. The summed E-state index contributed by atoms with van der Waals surface area (Å²) in [5, 5.41) is 12.8. The molecule has 2 aromatic carbocycles. The Morgan fingerprint density at radius 1 is 1.14 bits per heavy atom. The lowest BCUT2D eigenvalue weighted by atomic mass is 10.2. The van der Waals surface area contributed by atoms with Gasteiger partial charge in [-0.05, 0) is 36.4 Å². The zero-order valence-corrected chi connectivity index (χ0v) is 16.2. The van der Waals surface area contributed by atoms with Crippen molar-refractivity contribution in [3.63, 3.8) is 0 Å². The number of para-hydroxylation sites is 2. The van der Waals surface area contributed by atoms with Crippen LogP contribution in [0.15, 0.2) is 64.6 Å². The summed E-state index contributed by atoms with van der Waals surface area (Å²) in [5.74, 6) is 0.716. The minimum absolute atomic E-state index is 0.121. The molecule has 1 heterocycles. The lowest BCUT2D eigenvalue weighted by Gasteiger charge is -2.08. The van der Waals surface area contributed by atoms with Crippen LogP contribution in [0.3, 0.4) is 0 Å². The van der Waals surface area contributed by atoms with Crippen molar-refractivity contribution in [2.45, 2.75) is 0 Å². The molecule has 3 rings (SSSR count). The topological polar surface area (TPSA) is 75.3 Å². The number of benzene rings is 2. The molecular weight excluding hydrogens is 399 g/mol. The summed E-state index contributed by atoms with van der Waals surface area (Å²) < 4.78 is 10.9. The van der Waals surface area contributed by atoms with E-state index in [0.29, 0.717) is 38.6 Å². The number of amides is 1. The minimum Gasteiger partial charge on any atom is -0.495 e. The molecule has 0 bridgehead atoms. The molecule has 5 nitrogen and oxygen atoms in total. The molecule has 3 aromatic rings. The largest absolute Gasteiger partial charge is 0.495 e. The number of methoxy groups -OCH3 is 1. The van der Waals surface area contributed by atoms with E-state index in [2.05, 4.69) is 5.32 Å². The molecule has 0 spiro atoms. The number of nitrogens with one attached hydrogen (secondary N) is 1. The summed E-state index contributed by atoms with van der Waals surface area (Å²) in [6.07, 6.45) is 1.35. The van der Waals surface area contributed by atoms with Crippen molar-refractivity contribution < 1.29 is 13.9 Å². The maximum atomic E-state index is 12.5. The normalized spacial score (nSPS) is 11.0. The molecule has 140 valence electrons. The Bertz CT molecular complexity index is 1100. The molecule has 1 N–H and O–H groups in total. The van der Waals surface area contributed by atoms with Crippen LogP contribution in [0.4, 0.5) is 5.69 Å². The van der Waals surface area contributed by atoms with Crippen LogP contribution in [0.1, 0.15) is 5.76 Å². The van der Waals surface area contributed by atoms with Crippen molar-refractivity contribution >= 4 is 40.9 Å². The van der Waals surface area contributed by atoms with Gasteiger partial charge in [-0.1, -0.05) is 41.4 Å². The third-order valence-corrected chi connectivity index (χ3v) is 4.67. The van der Waals surface area contributed by atoms with Crippen LogP contribution in [0.25, 0.3) is 17.4 Å². The summed E-state index contributed by atoms with van der Waals surface area (Å²) in [6, 6.07) is 17.3. The molecule has 0 aliphatic rings. The van der Waals surface area contributed by atoms with E-state index in [9.17, 15) is 10.1 Å². The van der Waals surface area contributed by atoms with Gasteiger partial charge < -0.3 is 14.5 Å². The van der Waals surface area contributed by atoms with Gasteiger partial charge in [-0.3, -0.25) is 4.79 Å². The zero-order valence-electron chi connectivity index (χ0n) is 14.7. The molecule has 1 aromatic heterocycles. The molecule has 1 amide bonds. The van der Waals surface area contributed by atoms with E-state index in [1.54, 1.807) is 54.6 Å². The maximum absolute atomic E-state index is 12.5. The third kappa shape index (κ3) is 4.20. The third-order valence-electron chi connectivity index (χ3n) is 3.85. The van der Waals surface area contributed by atoms with Gasteiger partial charge in [-0.25, -0.2) is 0 Å². The smallest absolute Gasteiger partial charge is 0.266 e. The fourth-order valence-electron chi connectivity index (χ4n) is 2.50. The molecule has 0 saturated heterocycles. The van der Waals surface area contributed by atoms with E-state index >= 15 is 0 Å². The summed E-state index contributed by atoms with van der Waals surface area (Å²) in [7, 11) is 1.50. The van der Waals surface area contributed by atoms with Crippen molar-refractivity contribution in [1.82, 2.24) is 0 Å². The van der Waals surface area contributed by atoms with E-state index in [1.165, 1.54) is 13.2 Å². The second-order valence-electron chi connectivity index (χ2n) is 5.63. The van der Waals surface area contributed by atoms with Crippen molar-refractivity contribution in [3.8, 4) is 23.1 Å². The second-order valence-corrected chi connectivity index (χ2v) is 6.41. The Morgan fingerprint density at radius 2 is 1.93 bits per heavy atom. The Labute approximate surface area is 171 Å². The van der Waals surface area contributed by atoms with Gasteiger partial charge in [0.15, 0.2) is 0 Å². The number of ether oxygens (including phenoxy) is 1. The van der Waals surface area contributed by atoms with E-state index in [0.717, 1.165) is 0 Å². The van der Waals surface area contributed by atoms with Crippen LogP contribution in [0.5, 0.6) is 5.75 Å². The number of hydrogen-bond acceptors (Lipinski definition) is 4. The van der Waals surface area contributed by atoms with Gasteiger partial charge in [0.1, 0.15) is 28.9 Å². The predicted octanol–water partition coefficient (Wildman–Crippen LogP) is 5.81. The van der Waals surface area contributed by atoms with E-state index in [1.807, 2.05) is 6.07 Å². The standard InChI is InChI=1S/C21H14Cl2N2O3/c1-27-19-8-3-2-7-17(19)25-21(26)13(12-24)11-14-9-10-18(28-14)15-5-4-6-16(22)20(15)23/h2-11H,1H3,(H,25,26)/b13-11+. The highest BCUT2D eigenvalue weighted by molar-refractivity contribution is 6.43. The minimum atomic E-state index is -0.578. The van der Waals surface area contributed by atoms with Crippen molar-refractivity contribution in [1.29, 1.82) is 5.26 Å². The average molecular weight is 413 g/mol. The molecule has 28 heavy (non-hydrogen) atoms. The highest BCUT2D eigenvalue weighted by Gasteiger charge is 2.14. The monoisotopic (exact) mass is 412 g/mol. The summed E-state index contributed by atoms with van der Waals surface area (Å²) >= 11 is 12.2. The van der Waals surface area contributed by atoms with Crippen LogP contribution in [0.2, 0.25) is 10.0 Å².